The summed E-state index contributed by atoms with van der Waals surface area (Å²) >= 11 is 10.7. The van der Waals surface area contributed by atoms with E-state index in [4.69, 9.17) is 23.8 Å². The third-order valence-electron chi connectivity index (χ3n) is 2.34. The van der Waals surface area contributed by atoms with E-state index in [9.17, 15) is 13.2 Å². The maximum Gasteiger partial charge on any atom is 0.416 e. The Hall–Kier alpha value is -1.33. The second-order valence-electron chi connectivity index (χ2n) is 3.62. The molecule has 1 aromatic carbocycles. The van der Waals surface area contributed by atoms with E-state index < -0.39 is 11.7 Å². The summed E-state index contributed by atoms with van der Waals surface area (Å²) in [5.74, 6) is 0. The Kier molecular flexibility index (Phi) is 3.45. The van der Waals surface area contributed by atoms with Gasteiger partial charge in [-0.25, -0.2) is 0 Å². The quantitative estimate of drug-likeness (QED) is 0.724. The molecule has 6 heteroatoms. The Morgan fingerprint density at radius 3 is 2.39 bits per heavy atom. The zero-order valence-electron chi connectivity index (χ0n) is 8.88. The van der Waals surface area contributed by atoms with Gasteiger partial charge in [0.25, 0.3) is 0 Å². The van der Waals surface area contributed by atoms with Crippen LogP contribution in [0.4, 0.5) is 13.2 Å². The van der Waals surface area contributed by atoms with Crippen LogP contribution in [0.2, 0.25) is 5.02 Å². The molecule has 0 aliphatic carbocycles. The van der Waals surface area contributed by atoms with E-state index in [-0.39, 0.29) is 10.3 Å². The molecule has 0 atom stereocenters. The van der Waals surface area contributed by atoms with Crippen LogP contribution in [0.15, 0.2) is 36.4 Å². The lowest BCUT2D eigenvalue weighted by Gasteiger charge is -2.10. The number of aromatic nitrogens is 1. The van der Waals surface area contributed by atoms with Crippen molar-refractivity contribution in [2.75, 3.05) is 0 Å². The fourth-order valence-electron chi connectivity index (χ4n) is 1.53. The Morgan fingerprint density at radius 2 is 1.78 bits per heavy atom. The summed E-state index contributed by atoms with van der Waals surface area (Å²) < 4.78 is 38.0. The summed E-state index contributed by atoms with van der Waals surface area (Å²) in [5, 5.41) is 0.363. The summed E-state index contributed by atoms with van der Waals surface area (Å²) in [6, 6.07) is 8.51. The molecule has 0 unspecified atom stereocenters. The molecule has 0 fully saturated rings. The van der Waals surface area contributed by atoms with Crippen molar-refractivity contribution in [3.63, 3.8) is 0 Å². The number of pyridine rings is 1. The average Bonchev–Trinajstić information content (AvgIpc) is 2.27. The van der Waals surface area contributed by atoms with E-state index in [0.717, 1.165) is 12.1 Å². The van der Waals surface area contributed by atoms with Crippen LogP contribution in [0.5, 0.6) is 0 Å². The van der Waals surface area contributed by atoms with Gasteiger partial charge in [-0.05, 0) is 18.2 Å². The summed E-state index contributed by atoms with van der Waals surface area (Å²) in [5.41, 5.74) is -0.0574. The highest BCUT2D eigenvalue weighted by atomic mass is 35.5. The molecule has 0 aliphatic heterocycles. The van der Waals surface area contributed by atoms with Crippen LogP contribution in [0.1, 0.15) is 5.56 Å². The molecule has 0 spiro atoms. The Labute approximate surface area is 111 Å². The number of H-pyrrole nitrogens is 1. The molecule has 18 heavy (non-hydrogen) atoms. The van der Waals surface area contributed by atoms with Crippen LogP contribution in [0, 0.1) is 4.64 Å². The summed E-state index contributed by atoms with van der Waals surface area (Å²) in [6.45, 7) is 0. The van der Waals surface area contributed by atoms with Crippen molar-refractivity contribution in [2.24, 2.45) is 0 Å². The largest absolute Gasteiger partial charge is 0.416 e. The van der Waals surface area contributed by atoms with E-state index in [1.165, 1.54) is 0 Å². The van der Waals surface area contributed by atoms with E-state index in [1.807, 2.05) is 0 Å². The lowest BCUT2D eigenvalue weighted by molar-refractivity contribution is -0.137. The fourth-order valence-corrected chi connectivity index (χ4v) is 2.01. The van der Waals surface area contributed by atoms with E-state index in [1.54, 1.807) is 24.3 Å². The summed E-state index contributed by atoms with van der Waals surface area (Å²) in [7, 11) is 0. The third kappa shape index (κ3) is 2.73. The van der Waals surface area contributed by atoms with E-state index in [2.05, 4.69) is 4.98 Å². The maximum atomic E-state index is 12.7. The molecule has 0 bridgehead atoms. The van der Waals surface area contributed by atoms with Gasteiger partial charge in [-0.1, -0.05) is 42.0 Å². The van der Waals surface area contributed by atoms with Gasteiger partial charge in [-0.2, -0.15) is 13.2 Å². The van der Waals surface area contributed by atoms with Gasteiger partial charge < -0.3 is 4.98 Å². The molecule has 0 saturated heterocycles. The minimum atomic E-state index is -4.43. The molecule has 1 nitrogen and oxygen atoms in total. The Morgan fingerprint density at radius 1 is 1.11 bits per heavy atom. The summed E-state index contributed by atoms with van der Waals surface area (Å²) in [4.78, 5) is 2.71. The molecule has 0 amide bonds. The average molecular weight is 290 g/mol. The predicted molar refractivity (Wildman–Crippen MR) is 67.1 cm³/mol. The lowest BCUT2D eigenvalue weighted by Crippen LogP contribution is -2.05. The van der Waals surface area contributed by atoms with Crippen molar-refractivity contribution in [3.05, 3.63) is 51.6 Å². The zero-order valence-corrected chi connectivity index (χ0v) is 10.5. The SMILES string of the molecule is FC(F)(F)c1cc(-c2ccccc2Cl)[nH]c(=S)c1. The number of aromatic amines is 1. The number of halogens is 4. The number of hydrogen-bond acceptors (Lipinski definition) is 1. The third-order valence-corrected chi connectivity index (χ3v) is 2.89. The monoisotopic (exact) mass is 289 g/mol. The molecule has 2 rings (SSSR count). The first-order chi connectivity index (χ1) is 8.38. The fraction of sp³-hybridized carbons (Fsp3) is 0.0833. The van der Waals surface area contributed by atoms with Gasteiger partial charge in [0.05, 0.1) is 5.56 Å². The minimum Gasteiger partial charge on any atom is -0.346 e. The molecular weight excluding hydrogens is 283 g/mol. The van der Waals surface area contributed by atoms with Crippen LogP contribution in [-0.2, 0) is 6.18 Å². The molecule has 2 aromatic rings. The topological polar surface area (TPSA) is 15.8 Å². The van der Waals surface area contributed by atoms with Crippen molar-refractivity contribution in [1.29, 1.82) is 0 Å². The van der Waals surface area contributed by atoms with Gasteiger partial charge >= 0.3 is 6.18 Å². The molecule has 1 heterocycles. The molecular formula is C12H7ClF3NS. The lowest BCUT2D eigenvalue weighted by atomic mass is 10.1. The zero-order chi connectivity index (χ0) is 13.3. The van der Waals surface area contributed by atoms with Gasteiger partial charge in [0.1, 0.15) is 4.64 Å². The first-order valence-electron chi connectivity index (χ1n) is 4.94. The van der Waals surface area contributed by atoms with Gasteiger partial charge in [-0.15, -0.1) is 0 Å². The van der Waals surface area contributed by atoms with Crippen molar-refractivity contribution < 1.29 is 13.2 Å². The van der Waals surface area contributed by atoms with Gasteiger partial charge in [-0.3, -0.25) is 0 Å². The molecule has 0 aliphatic rings. The highest BCUT2D eigenvalue weighted by molar-refractivity contribution is 7.71. The van der Waals surface area contributed by atoms with Crippen LogP contribution in [0.25, 0.3) is 11.3 Å². The number of nitrogens with one attached hydrogen (secondary N) is 1. The number of hydrogen-bond donors (Lipinski definition) is 1. The van der Waals surface area contributed by atoms with Crippen molar-refractivity contribution in [2.45, 2.75) is 6.18 Å². The first kappa shape index (κ1) is 13.1. The second kappa shape index (κ2) is 4.74. The number of alkyl halides is 3. The second-order valence-corrected chi connectivity index (χ2v) is 4.47. The normalized spacial score (nSPS) is 11.6. The molecule has 0 radical (unpaired) electrons. The smallest absolute Gasteiger partial charge is 0.346 e. The summed E-state index contributed by atoms with van der Waals surface area (Å²) in [6.07, 6.45) is -4.43. The van der Waals surface area contributed by atoms with Crippen LogP contribution in [-0.4, -0.2) is 4.98 Å². The van der Waals surface area contributed by atoms with Crippen molar-refractivity contribution in [3.8, 4) is 11.3 Å². The molecule has 0 saturated carbocycles. The van der Waals surface area contributed by atoms with Gasteiger partial charge in [0.15, 0.2) is 0 Å². The van der Waals surface area contributed by atoms with Crippen LogP contribution >= 0.6 is 23.8 Å². The highest BCUT2D eigenvalue weighted by Gasteiger charge is 2.31. The van der Waals surface area contributed by atoms with Gasteiger partial charge in [0, 0.05) is 16.3 Å². The highest BCUT2D eigenvalue weighted by Crippen LogP contribution is 2.33. The minimum absolute atomic E-state index is 0.0137. The van der Waals surface area contributed by atoms with Gasteiger partial charge in [0.2, 0.25) is 0 Å². The van der Waals surface area contributed by atoms with Crippen molar-refractivity contribution in [1.82, 2.24) is 4.98 Å². The van der Waals surface area contributed by atoms with Crippen LogP contribution < -0.4 is 0 Å². The molecule has 94 valence electrons. The Bertz CT molecular complexity index is 634. The maximum absolute atomic E-state index is 12.7. The standard InChI is InChI=1S/C12H7ClF3NS/c13-9-4-2-1-3-8(9)10-5-7(12(14,15)16)6-11(18)17-10/h1-6H,(H,17,18). The molecule has 1 aromatic heterocycles. The Balaban J connectivity index is 2.63. The predicted octanol–water partition coefficient (Wildman–Crippen LogP) is 5.08. The van der Waals surface area contributed by atoms with Crippen LogP contribution in [0.3, 0.4) is 0 Å². The van der Waals surface area contributed by atoms with E-state index in [0.29, 0.717) is 10.6 Å². The molecule has 1 N–H and O–H groups in total. The number of rotatable bonds is 1. The van der Waals surface area contributed by atoms with Crippen molar-refractivity contribution >= 4 is 23.8 Å². The van der Waals surface area contributed by atoms with E-state index >= 15 is 0 Å². The number of benzene rings is 1. The first-order valence-corrected chi connectivity index (χ1v) is 5.73.